The molecule has 0 aliphatic carbocycles. The maximum atomic E-state index is 12.9. The minimum absolute atomic E-state index is 0.0127. The predicted molar refractivity (Wildman–Crippen MR) is 95.5 cm³/mol. The van der Waals surface area contributed by atoms with E-state index in [9.17, 15) is 19.5 Å². The molecule has 0 saturated heterocycles. The summed E-state index contributed by atoms with van der Waals surface area (Å²) in [5.41, 5.74) is -0.371. The number of nitrogens with one attached hydrogen (secondary N) is 1. The molecule has 0 aliphatic rings. The van der Waals surface area contributed by atoms with Crippen LogP contribution in [0, 0.1) is 10.1 Å². The zero-order chi connectivity index (χ0) is 19.3. The number of amides is 1. The van der Waals surface area contributed by atoms with Gasteiger partial charge in [-0.3, -0.25) is 19.5 Å². The molecule has 0 fully saturated rings. The molecule has 1 aromatic carbocycles. The number of nitro benzene ring substituents is 1. The lowest BCUT2D eigenvalue weighted by molar-refractivity contribution is -0.384. The number of rotatable bonds is 8. The number of carbonyl (C=O) groups excluding carboxylic acids is 1. The van der Waals surface area contributed by atoms with Gasteiger partial charge in [0.1, 0.15) is 0 Å². The first kappa shape index (κ1) is 22.2. The summed E-state index contributed by atoms with van der Waals surface area (Å²) in [6.07, 6.45) is 0. The summed E-state index contributed by atoms with van der Waals surface area (Å²) in [6, 6.07) is 4.90. The first-order valence-corrected chi connectivity index (χ1v) is 9.80. The van der Waals surface area contributed by atoms with E-state index in [4.69, 9.17) is 43.9 Å². The summed E-state index contributed by atoms with van der Waals surface area (Å²) >= 11 is 17.5. The summed E-state index contributed by atoms with van der Waals surface area (Å²) < 4.78 is 20.9. The number of nitrogens with zero attached hydrogens (tertiary/aromatic N) is 1. The number of hydrogen-bond donors (Lipinski definition) is 1. The van der Waals surface area contributed by atoms with Gasteiger partial charge in [-0.05, 0) is 19.9 Å². The highest BCUT2D eigenvalue weighted by Gasteiger charge is 2.49. The maximum absolute atomic E-state index is 12.9. The van der Waals surface area contributed by atoms with Gasteiger partial charge in [0.2, 0.25) is 3.79 Å². The van der Waals surface area contributed by atoms with E-state index in [2.05, 4.69) is 5.32 Å². The average molecular weight is 434 g/mol. The van der Waals surface area contributed by atoms with E-state index in [1.807, 2.05) is 0 Å². The fourth-order valence-corrected chi connectivity index (χ4v) is 4.82. The van der Waals surface area contributed by atoms with E-state index in [1.165, 1.54) is 18.2 Å². The molecule has 0 bridgehead atoms. The van der Waals surface area contributed by atoms with Crippen molar-refractivity contribution in [3.63, 3.8) is 0 Å². The Morgan fingerprint density at radius 2 is 1.88 bits per heavy atom. The monoisotopic (exact) mass is 432 g/mol. The molecule has 1 atom stereocenters. The largest absolute Gasteiger partial charge is 0.357 e. The van der Waals surface area contributed by atoms with Crippen molar-refractivity contribution < 1.29 is 23.3 Å². The highest BCUT2D eigenvalue weighted by Crippen LogP contribution is 2.58. The number of nitro groups is 1. The van der Waals surface area contributed by atoms with E-state index in [-0.39, 0.29) is 24.5 Å². The minimum Gasteiger partial charge on any atom is -0.334 e. The standard InChI is InChI=1S/C13H16Cl3N2O6P/c1-3-23-25(22,24-4-2)12(13(14,15)16)17-11(19)9-6-5-7-10(8-9)18(20)21/h5-8,12H,3-4H2,1-2H3,(H,17,19)/t12-/m0/s1. The molecule has 0 unspecified atom stereocenters. The normalized spacial score (nSPS) is 13.3. The lowest BCUT2D eigenvalue weighted by Gasteiger charge is -2.31. The Hall–Kier alpha value is -0.890. The van der Waals surface area contributed by atoms with Gasteiger partial charge in [-0.2, -0.15) is 0 Å². The van der Waals surface area contributed by atoms with Crippen molar-refractivity contribution >= 4 is 54.0 Å². The summed E-state index contributed by atoms with van der Waals surface area (Å²) in [6.45, 7) is 3.09. The Labute approximate surface area is 159 Å². The number of non-ortho nitro benzene ring substituents is 1. The number of benzene rings is 1. The Morgan fingerprint density at radius 3 is 2.32 bits per heavy atom. The molecule has 12 heteroatoms. The van der Waals surface area contributed by atoms with Gasteiger partial charge in [0.25, 0.3) is 11.6 Å². The zero-order valence-electron chi connectivity index (χ0n) is 13.3. The molecular weight excluding hydrogens is 417 g/mol. The van der Waals surface area contributed by atoms with Crippen LogP contribution >= 0.6 is 42.4 Å². The lowest BCUT2D eigenvalue weighted by Crippen LogP contribution is -2.44. The second-order valence-corrected chi connectivity index (χ2v) is 9.08. The van der Waals surface area contributed by atoms with E-state index < -0.39 is 28.0 Å². The number of hydrogen-bond acceptors (Lipinski definition) is 6. The van der Waals surface area contributed by atoms with Gasteiger partial charge in [0, 0.05) is 17.7 Å². The first-order chi connectivity index (χ1) is 11.5. The molecule has 0 radical (unpaired) electrons. The van der Waals surface area contributed by atoms with Crippen LogP contribution in [0.5, 0.6) is 0 Å². The fourth-order valence-electron chi connectivity index (χ4n) is 1.85. The van der Waals surface area contributed by atoms with Crippen molar-refractivity contribution in [1.29, 1.82) is 0 Å². The molecular formula is C13H16Cl3N2O6P. The molecule has 8 nitrogen and oxygen atoms in total. The highest BCUT2D eigenvalue weighted by molar-refractivity contribution is 7.55. The molecule has 0 saturated carbocycles. The third-order valence-corrected chi connectivity index (χ3v) is 6.33. The second-order valence-electron chi connectivity index (χ2n) is 4.60. The van der Waals surface area contributed by atoms with Gasteiger partial charge < -0.3 is 14.4 Å². The van der Waals surface area contributed by atoms with E-state index in [0.717, 1.165) is 6.07 Å². The van der Waals surface area contributed by atoms with Crippen LogP contribution in [0.15, 0.2) is 24.3 Å². The maximum Gasteiger partial charge on any atom is 0.357 e. The molecule has 1 aromatic rings. The summed E-state index contributed by atoms with van der Waals surface area (Å²) in [4.78, 5) is 22.5. The summed E-state index contributed by atoms with van der Waals surface area (Å²) in [7, 11) is -4.02. The Bertz CT molecular complexity index is 672. The average Bonchev–Trinajstić information content (AvgIpc) is 2.51. The Balaban J connectivity index is 3.18. The van der Waals surface area contributed by atoms with Crippen molar-refractivity contribution in [2.24, 2.45) is 0 Å². The fraction of sp³-hybridized carbons (Fsp3) is 0.462. The second kappa shape index (κ2) is 9.16. The highest BCUT2D eigenvalue weighted by atomic mass is 35.6. The Kier molecular flexibility index (Phi) is 8.12. The Morgan fingerprint density at radius 1 is 1.32 bits per heavy atom. The van der Waals surface area contributed by atoms with Gasteiger partial charge in [0.05, 0.1) is 18.1 Å². The molecule has 1 rings (SSSR count). The molecule has 140 valence electrons. The van der Waals surface area contributed by atoms with Crippen LogP contribution in [-0.4, -0.2) is 33.6 Å². The quantitative estimate of drug-likeness (QED) is 0.284. The van der Waals surface area contributed by atoms with Crippen LogP contribution in [0.1, 0.15) is 24.2 Å². The van der Waals surface area contributed by atoms with Crippen LogP contribution < -0.4 is 5.32 Å². The van der Waals surface area contributed by atoms with Crippen molar-refractivity contribution in [1.82, 2.24) is 5.32 Å². The van der Waals surface area contributed by atoms with Crippen molar-refractivity contribution in [2.75, 3.05) is 13.2 Å². The van der Waals surface area contributed by atoms with Crippen LogP contribution in [0.4, 0.5) is 5.69 Å². The van der Waals surface area contributed by atoms with Crippen molar-refractivity contribution in [3.8, 4) is 0 Å². The minimum atomic E-state index is -4.02. The zero-order valence-corrected chi connectivity index (χ0v) is 16.4. The van der Waals surface area contributed by atoms with Crippen LogP contribution in [-0.2, 0) is 13.6 Å². The van der Waals surface area contributed by atoms with Gasteiger partial charge in [-0.1, -0.05) is 40.9 Å². The van der Waals surface area contributed by atoms with E-state index in [1.54, 1.807) is 13.8 Å². The van der Waals surface area contributed by atoms with E-state index >= 15 is 0 Å². The molecule has 0 aliphatic heterocycles. The van der Waals surface area contributed by atoms with E-state index in [0.29, 0.717) is 0 Å². The molecule has 0 spiro atoms. The van der Waals surface area contributed by atoms with Gasteiger partial charge in [-0.25, -0.2) is 0 Å². The smallest absolute Gasteiger partial charge is 0.334 e. The molecule has 0 aromatic heterocycles. The van der Waals surface area contributed by atoms with Gasteiger partial charge >= 0.3 is 7.60 Å². The third kappa shape index (κ3) is 6.09. The summed E-state index contributed by atoms with van der Waals surface area (Å²) in [5.74, 6) is -2.45. The molecule has 25 heavy (non-hydrogen) atoms. The predicted octanol–water partition coefficient (Wildman–Crippen LogP) is 4.29. The summed E-state index contributed by atoms with van der Waals surface area (Å²) in [5, 5.41) is 13.1. The third-order valence-electron chi connectivity index (χ3n) is 2.83. The van der Waals surface area contributed by atoms with Gasteiger partial charge in [-0.15, -0.1) is 0 Å². The van der Waals surface area contributed by atoms with Crippen LogP contribution in [0.2, 0.25) is 0 Å². The number of halogens is 3. The lowest BCUT2D eigenvalue weighted by atomic mass is 10.2. The number of carbonyl (C=O) groups is 1. The molecule has 0 heterocycles. The first-order valence-electron chi connectivity index (χ1n) is 7.06. The van der Waals surface area contributed by atoms with Crippen LogP contribution in [0.25, 0.3) is 0 Å². The SMILES string of the molecule is CCOP(=O)(OCC)[C@H](NC(=O)c1cccc([N+](=O)[O-])c1)C(Cl)(Cl)Cl. The molecule has 1 amide bonds. The van der Waals surface area contributed by atoms with Gasteiger partial charge in [0.15, 0.2) is 5.78 Å². The van der Waals surface area contributed by atoms with Crippen LogP contribution in [0.3, 0.4) is 0 Å². The molecule has 1 N–H and O–H groups in total. The van der Waals surface area contributed by atoms with Crippen molar-refractivity contribution in [3.05, 3.63) is 39.9 Å². The number of alkyl halides is 3. The van der Waals surface area contributed by atoms with Crippen molar-refractivity contribution in [2.45, 2.75) is 23.4 Å². The topological polar surface area (TPSA) is 108 Å².